The predicted molar refractivity (Wildman–Crippen MR) is 76.2 cm³/mol. The number of carbonyl (C=O) groups excluding carboxylic acids is 1. The van der Waals surface area contributed by atoms with Crippen molar-refractivity contribution >= 4 is 12.0 Å². The quantitative estimate of drug-likeness (QED) is 0.764. The second-order valence-corrected chi connectivity index (χ2v) is 5.26. The molecule has 0 unspecified atom stereocenters. The molecule has 104 valence electrons. The van der Waals surface area contributed by atoms with Gasteiger partial charge in [-0.15, -0.1) is 0 Å². The van der Waals surface area contributed by atoms with Crippen molar-refractivity contribution in [2.45, 2.75) is 39.2 Å². The highest BCUT2D eigenvalue weighted by atomic mass is 16.3. The molecule has 4 heteroatoms. The van der Waals surface area contributed by atoms with Gasteiger partial charge in [0.05, 0.1) is 12.3 Å². The van der Waals surface area contributed by atoms with Crippen LogP contribution in [0.25, 0.3) is 0 Å². The summed E-state index contributed by atoms with van der Waals surface area (Å²) in [5, 5.41) is 12.8. The predicted octanol–water partition coefficient (Wildman–Crippen LogP) is 1.61. The van der Waals surface area contributed by atoms with Crippen molar-refractivity contribution < 1.29 is 9.90 Å². The van der Waals surface area contributed by atoms with Gasteiger partial charge < -0.3 is 10.4 Å². The van der Waals surface area contributed by atoms with E-state index in [2.05, 4.69) is 30.2 Å². The van der Waals surface area contributed by atoms with Gasteiger partial charge in [-0.3, -0.25) is 9.79 Å². The van der Waals surface area contributed by atoms with Gasteiger partial charge in [0.25, 0.3) is 0 Å². The van der Waals surface area contributed by atoms with E-state index in [0.29, 0.717) is 25.3 Å². The molecule has 0 bridgehead atoms. The molecule has 0 fully saturated rings. The van der Waals surface area contributed by atoms with Crippen LogP contribution >= 0.6 is 0 Å². The van der Waals surface area contributed by atoms with E-state index in [1.807, 2.05) is 0 Å². The summed E-state index contributed by atoms with van der Waals surface area (Å²) in [6, 6.07) is 0.0961. The third-order valence-electron chi connectivity index (χ3n) is 4.06. The summed E-state index contributed by atoms with van der Waals surface area (Å²) < 4.78 is 0. The van der Waals surface area contributed by atoms with Crippen molar-refractivity contribution in [2.75, 3.05) is 13.2 Å². The number of aliphatic hydroxyl groups excluding tert-OH is 1. The van der Waals surface area contributed by atoms with Gasteiger partial charge in [0.1, 0.15) is 0 Å². The molecule has 0 amide bonds. The summed E-state index contributed by atoms with van der Waals surface area (Å²) in [6.07, 6.45) is 5.93. The highest BCUT2D eigenvalue weighted by Crippen LogP contribution is 2.30. The minimum absolute atomic E-state index is 0.0961. The Morgan fingerprint density at radius 2 is 2.26 bits per heavy atom. The lowest BCUT2D eigenvalue weighted by atomic mass is 9.99. The molecular weight excluding hydrogens is 240 g/mol. The van der Waals surface area contributed by atoms with Crippen LogP contribution in [0.15, 0.2) is 27.9 Å². The Bertz CT molecular complexity index is 449. The van der Waals surface area contributed by atoms with Gasteiger partial charge in [-0.25, -0.2) is 0 Å². The first-order valence-electron chi connectivity index (χ1n) is 6.99. The minimum Gasteiger partial charge on any atom is -0.395 e. The van der Waals surface area contributed by atoms with Crippen molar-refractivity contribution in [3.05, 3.63) is 22.9 Å². The smallest absolute Gasteiger partial charge is 0.166 e. The lowest BCUT2D eigenvalue weighted by Gasteiger charge is -2.23. The standard InChI is InChI=1S/C15H22N2O2/c1-3-10(2)13(9-18)17-8-11-4-5-12-14(19)6-7-16-15(11)12/h4,7,10,13,17-18H,3,5-6,8-9H2,1-2H3/t10-,13+/m0/s1. The van der Waals surface area contributed by atoms with E-state index >= 15 is 0 Å². The molecule has 19 heavy (non-hydrogen) atoms. The fourth-order valence-electron chi connectivity index (χ4n) is 2.49. The van der Waals surface area contributed by atoms with E-state index in [1.54, 1.807) is 6.21 Å². The Balaban J connectivity index is 1.98. The molecule has 0 aromatic heterocycles. The van der Waals surface area contributed by atoms with Crippen LogP contribution in [0.1, 0.15) is 33.1 Å². The SMILES string of the molecule is CC[C@H](C)[C@@H](CO)NCC1=CCC2=C1N=CCC2=O. The third-order valence-corrected chi connectivity index (χ3v) is 4.06. The average Bonchev–Trinajstić information content (AvgIpc) is 2.84. The Morgan fingerprint density at radius 1 is 1.47 bits per heavy atom. The molecule has 0 radical (unpaired) electrons. The normalized spacial score (nSPS) is 21.4. The van der Waals surface area contributed by atoms with E-state index < -0.39 is 0 Å². The van der Waals surface area contributed by atoms with Crippen LogP contribution in [0, 0.1) is 5.92 Å². The molecule has 1 aliphatic carbocycles. The number of rotatable bonds is 6. The number of hydrogen-bond donors (Lipinski definition) is 2. The number of nitrogens with zero attached hydrogens (tertiary/aromatic N) is 1. The number of Topliss-reactive ketones (excluding diaryl/α,β-unsaturated/α-hetero) is 1. The van der Waals surface area contributed by atoms with Gasteiger partial charge in [0.2, 0.25) is 0 Å². The van der Waals surface area contributed by atoms with E-state index in [0.717, 1.165) is 23.3 Å². The first kappa shape index (κ1) is 14.2. The Morgan fingerprint density at radius 3 is 2.95 bits per heavy atom. The second kappa shape index (κ2) is 6.26. The maximum Gasteiger partial charge on any atom is 0.166 e. The molecule has 0 spiro atoms. The monoisotopic (exact) mass is 262 g/mol. The first-order chi connectivity index (χ1) is 9.17. The van der Waals surface area contributed by atoms with Crippen molar-refractivity contribution in [2.24, 2.45) is 10.9 Å². The zero-order valence-electron chi connectivity index (χ0n) is 11.6. The number of nitrogens with one attached hydrogen (secondary N) is 1. The molecule has 1 aliphatic heterocycles. The summed E-state index contributed by atoms with van der Waals surface area (Å²) in [5.74, 6) is 0.619. The van der Waals surface area contributed by atoms with E-state index in [9.17, 15) is 9.90 Å². The summed E-state index contributed by atoms with van der Waals surface area (Å²) >= 11 is 0. The number of aliphatic imine (C=N–C) groups is 1. The summed E-state index contributed by atoms with van der Waals surface area (Å²) in [6.45, 7) is 5.05. The molecule has 2 rings (SSSR count). The van der Waals surface area contributed by atoms with Crippen LogP contribution in [0.4, 0.5) is 0 Å². The number of hydrogen-bond acceptors (Lipinski definition) is 4. The van der Waals surface area contributed by atoms with Crippen LogP contribution in [0.3, 0.4) is 0 Å². The van der Waals surface area contributed by atoms with E-state index in [1.165, 1.54) is 0 Å². The molecule has 2 aliphatic rings. The van der Waals surface area contributed by atoms with Gasteiger partial charge in [-0.1, -0.05) is 26.3 Å². The molecule has 1 heterocycles. The zero-order valence-corrected chi connectivity index (χ0v) is 11.6. The summed E-state index contributed by atoms with van der Waals surface area (Å²) in [5.41, 5.74) is 2.79. The van der Waals surface area contributed by atoms with E-state index in [4.69, 9.17) is 0 Å². The average molecular weight is 262 g/mol. The summed E-state index contributed by atoms with van der Waals surface area (Å²) in [7, 11) is 0. The third kappa shape index (κ3) is 3.01. The Hall–Kier alpha value is -1.26. The van der Waals surface area contributed by atoms with Crippen molar-refractivity contribution in [3.8, 4) is 0 Å². The lowest BCUT2D eigenvalue weighted by molar-refractivity contribution is -0.114. The number of ketones is 1. The van der Waals surface area contributed by atoms with Crippen molar-refractivity contribution in [1.82, 2.24) is 5.32 Å². The number of carbonyl (C=O) groups is 1. The Kier molecular flexibility index (Phi) is 4.66. The largest absolute Gasteiger partial charge is 0.395 e. The summed E-state index contributed by atoms with van der Waals surface area (Å²) in [4.78, 5) is 16.1. The molecule has 0 aromatic rings. The van der Waals surface area contributed by atoms with Gasteiger partial charge in [0, 0.05) is 30.8 Å². The van der Waals surface area contributed by atoms with Crippen molar-refractivity contribution in [1.29, 1.82) is 0 Å². The molecule has 2 atom stereocenters. The number of allylic oxidation sites excluding steroid dienone is 2. The fraction of sp³-hybridized carbons (Fsp3) is 0.600. The highest BCUT2D eigenvalue weighted by molar-refractivity contribution is 6.07. The minimum atomic E-state index is 0.0961. The van der Waals surface area contributed by atoms with Crippen LogP contribution < -0.4 is 5.32 Å². The molecule has 0 saturated carbocycles. The van der Waals surface area contributed by atoms with Gasteiger partial charge in [-0.2, -0.15) is 0 Å². The maximum atomic E-state index is 11.7. The van der Waals surface area contributed by atoms with Crippen LogP contribution in [0.2, 0.25) is 0 Å². The highest BCUT2D eigenvalue weighted by Gasteiger charge is 2.25. The first-order valence-corrected chi connectivity index (χ1v) is 6.99. The van der Waals surface area contributed by atoms with Gasteiger partial charge in [0.15, 0.2) is 5.78 Å². The van der Waals surface area contributed by atoms with Gasteiger partial charge >= 0.3 is 0 Å². The number of aliphatic hydroxyl groups is 1. The lowest BCUT2D eigenvalue weighted by Crippen LogP contribution is -2.39. The fourth-order valence-corrected chi connectivity index (χ4v) is 2.49. The van der Waals surface area contributed by atoms with Crippen LogP contribution in [0.5, 0.6) is 0 Å². The molecule has 2 N–H and O–H groups in total. The zero-order chi connectivity index (χ0) is 13.8. The maximum absolute atomic E-state index is 11.7. The molecular formula is C15H22N2O2. The van der Waals surface area contributed by atoms with Crippen molar-refractivity contribution in [3.63, 3.8) is 0 Å². The van der Waals surface area contributed by atoms with E-state index in [-0.39, 0.29) is 18.4 Å². The Labute approximate surface area is 114 Å². The molecule has 0 aromatic carbocycles. The van der Waals surface area contributed by atoms with Crippen LogP contribution in [-0.4, -0.2) is 36.3 Å². The second-order valence-electron chi connectivity index (χ2n) is 5.26. The topological polar surface area (TPSA) is 61.7 Å². The van der Waals surface area contributed by atoms with Gasteiger partial charge in [-0.05, 0) is 17.9 Å². The molecule has 0 saturated heterocycles. The molecule has 4 nitrogen and oxygen atoms in total. The van der Waals surface area contributed by atoms with Crippen LogP contribution in [-0.2, 0) is 4.79 Å².